The quantitative estimate of drug-likeness (QED) is 0.371. The summed E-state index contributed by atoms with van der Waals surface area (Å²) < 4.78 is 5.10. The Balaban J connectivity index is 2.68. The fourth-order valence-corrected chi connectivity index (χ4v) is 1.51. The van der Waals surface area contributed by atoms with Crippen LogP contribution >= 0.6 is 0 Å². The molecule has 1 unspecified atom stereocenters. The van der Waals surface area contributed by atoms with E-state index in [1.165, 1.54) is 6.92 Å². The molecule has 1 aliphatic heterocycles. The number of nitrogens with one attached hydrogen (secondary N) is 1. The zero-order valence-corrected chi connectivity index (χ0v) is 8.30. The standard InChI is InChI=1S/C8H16N2O4/c1-3-5(9)7(12)6(8(13)14-3)10-4(2)11/h3,5-8,12-13H,9H2,1-2H3,(H,10,11)/p+1/t3-,5+,6-,7+,8?/m1/s1. The van der Waals surface area contributed by atoms with Crippen molar-refractivity contribution in [1.29, 1.82) is 0 Å². The molecule has 0 bridgehead atoms. The summed E-state index contributed by atoms with van der Waals surface area (Å²) in [5, 5.41) is 21.6. The Labute approximate surface area is 82.0 Å². The highest BCUT2D eigenvalue weighted by Gasteiger charge is 2.43. The Bertz CT molecular complexity index is 223. The van der Waals surface area contributed by atoms with Gasteiger partial charge in [-0.05, 0) is 6.92 Å². The topological polar surface area (TPSA) is 106 Å². The van der Waals surface area contributed by atoms with Crippen molar-refractivity contribution < 1.29 is 25.5 Å². The van der Waals surface area contributed by atoms with Crippen molar-refractivity contribution >= 4 is 5.91 Å². The molecular weight excluding hydrogens is 188 g/mol. The van der Waals surface area contributed by atoms with Gasteiger partial charge in [0.15, 0.2) is 6.29 Å². The molecule has 1 aliphatic rings. The molecule has 82 valence electrons. The highest BCUT2D eigenvalue weighted by molar-refractivity contribution is 5.73. The summed E-state index contributed by atoms with van der Waals surface area (Å²) in [7, 11) is 0. The van der Waals surface area contributed by atoms with Gasteiger partial charge in [0.2, 0.25) is 5.91 Å². The van der Waals surface area contributed by atoms with Crippen molar-refractivity contribution in [2.75, 3.05) is 0 Å². The molecule has 1 fully saturated rings. The number of quaternary nitrogens is 1. The van der Waals surface area contributed by atoms with Gasteiger partial charge in [0.25, 0.3) is 0 Å². The molecule has 0 saturated carbocycles. The number of aliphatic hydroxyl groups excluding tert-OH is 2. The Morgan fingerprint density at radius 2 is 2.07 bits per heavy atom. The maximum absolute atomic E-state index is 10.8. The minimum absolute atomic E-state index is 0.321. The van der Waals surface area contributed by atoms with E-state index in [0.717, 1.165) is 0 Å². The molecule has 0 aromatic rings. The highest BCUT2D eigenvalue weighted by atomic mass is 16.6. The van der Waals surface area contributed by atoms with Gasteiger partial charge in [-0.3, -0.25) is 4.79 Å². The second-order valence-electron chi connectivity index (χ2n) is 3.61. The lowest BCUT2D eigenvalue weighted by Crippen LogP contribution is -2.78. The summed E-state index contributed by atoms with van der Waals surface area (Å²) in [6, 6.07) is -1.17. The Hall–Kier alpha value is -0.690. The van der Waals surface area contributed by atoms with Crippen LogP contribution in [0.25, 0.3) is 0 Å². The van der Waals surface area contributed by atoms with Crippen LogP contribution in [0.1, 0.15) is 13.8 Å². The summed E-state index contributed by atoms with van der Waals surface area (Å²) in [5.74, 6) is -0.321. The number of rotatable bonds is 1. The second kappa shape index (κ2) is 4.22. The second-order valence-corrected chi connectivity index (χ2v) is 3.61. The molecule has 1 heterocycles. The van der Waals surface area contributed by atoms with Crippen LogP contribution in [0.2, 0.25) is 0 Å². The van der Waals surface area contributed by atoms with Crippen molar-refractivity contribution in [3.05, 3.63) is 0 Å². The summed E-state index contributed by atoms with van der Waals surface area (Å²) in [6.45, 7) is 3.03. The van der Waals surface area contributed by atoms with Crippen LogP contribution < -0.4 is 11.1 Å². The van der Waals surface area contributed by atoms with Crippen LogP contribution in [-0.2, 0) is 9.53 Å². The number of hydrogen-bond acceptors (Lipinski definition) is 4. The predicted octanol–water partition coefficient (Wildman–Crippen LogP) is -2.80. The molecule has 14 heavy (non-hydrogen) atoms. The van der Waals surface area contributed by atoms with Crippen molar-refractivity contribution in [2.24, 2.45) is 0 Å². The van der Waals surface area contributed by atoms with Crippen LogP contribution in [0.4, 0.5) is 0 Å². The zero-order chi connectivity index (χ0) is 10.9. The van der Waals surface area contributed by atoms with Crippen LogP contribution in [0.15, 0.2) is 0 Å². The first-order valence-electron chi connectivity index (χ1n) is 4.55. The van der Waals surface area contributed by atoms with Gasteiger partial charge < -0.3 is 26.0 Å². The summed E-state index contributed by atoms with van der Waals surface area (Å²) in [4.78, 5) is 10.8. The molecule has 6 heteroatoms. The third-order valence-electron chi connectivity index (χ3n) is 2.44. The van der Waals surface area contributed by atoms with E-state index in [9.17, 15) is 15.0 Å². The number of carbonyl (C=O) groups is 1. The van der Waals surface area contributed by atoms with Crippen LogP contribution in [0.5, 0.6) is 0 Å². The van der Waals surface area contributed by atoms with Crippen molar-refractivity contribution in [1.82, 2.24) is 5.32 Å². The molecule has 6 nitrogen and oxygen atoms in total. The smallest absolute Gasteiger partial charge is 0.217 e. The highest BCUT2D eigenvalue weighted by Crippen LogP contribution is 2.16. The molecule has 5 atom stereocenters. The minimum Gasteiger partial charge on any atom is -0.384 e. The normalized spacial score (nSPS) is 43.4. The maximum Gasteiger partial charge on any atom is 0.217 e. The number of aliphatic hydroxyl groups is 2. The van der Waals surface area contributed by atoms with Gasteiger partial charge in [-0.25, -0.2) is 0 Å². The number of hydrogen-bond donors (Lipinski definition) is 4. The van der Waals surface area contributed by atoms with E-state index in [2.05, 4.69) is 11.1 Å². The van der Waals surface area contributed by atoms with E-state index in [1.807, 2.05) is 0 Å². The molecule has 0 aliphatic carbocycles. The molecule has 0 spiro atoms. The number of carbonyl (C=O) groups excluding carboxylic acids is 1. The largest absolute Gasteiger partial charge is 0.384 e. The van der Waals surface area contributed by atoms with Gasteiger partial charge in [-0.2, -0.15) is 0 Å². The molecule has 1 amide bonds. The predicted molar refractivity (Wildman–Crippen MR) is 46.8 cm³/mol. The van der Waals surface area contributed by atoms with Gasteiger partial charge >= 0.3 is 0 Å². The lowest BCUT2D eigenvalue weighted by Gasteiger charge is -2.38. The average Bonchev–Trinajstić information content (AvgIpc) is 2.09. The Morgan fingerprint density at radius 3 is 2.57 bits per heavy atom. The molecule has 0 radical (unpaired) electrons. The van der Waals surface area contributed by atoms with Crippen molar-refractivity contribution in [2.45, 2.75) is 44.4 Å². The van der Waals surface area contributed by atoms with Gasteiger partial charge in [-0.1, -0.05) is 0 Å². The van der Waals surface area contributed by atoms with Crippen LogP contribution in [-0.4, -0.2) is 46.7 Å². The summed E-state index contributed by atoms with van der Waals surface area (Å²) >= 11 is 0. The van der Waals surface area contributed by atoms with E-state index in [4.69, 9.17) is 4.74 Å². The molecule has 0 aromatic heterocycles. The minimum atomic E-state index is -1.18. The Kier molecular flexibility index (Phi) is 3.43. The van der Waals surface area contributed by atoms with Crippen molar-refractivity contribution in [3.63, 3.8) is 0 Å². The first kappa shape index (κ1) is 11.4. The van der Waals surface area contributed by atoms with Gasteiger partial charge in [0.1, 0.15) is 24.3 Å². The van der Waals surface area contributed by atoms with E-state index < -0.39 is 18.4 Å². The molecule has 0 aromatic carbocycles. The SMILES string of the molecule is CC(=O)N[C@H]1C(O)O[C@H](C)[C@H]([NH3+])[C@@H]1O. The third kappa shape index (κ3) is 2.21. The average molecular weight is 205 g/mol. The zero-order valence-electron chi connectivity index (χ0n) is 8.30. The molecular formula is C8H17N2O4+. The first-order chi connectivity index (χ1) is 6.43. The first-order valence-corrected chi connectivity index (χ1v) is 4.55. The molecule has 1 saturated heterocycles. The molecule has 6 N–H and O–H groups in total. The molecule has 1 rings (SSSR count). The van der Waals surface area contributed by atoms with E-state index in [1.54, 1.807) is 6.92 Å². The maximum atomic E-state index is 10.8. The van der Waals surface area contributed by atoms with Crippen molar-refractivity contribution in [3.8, 4) is 0 Å². The summed E-state index contributed by atoms with van der Waals surface area (Å²) in [6.07, 6.45) is -2.40. The van der Waals surface area contributed by atoms with Gasteiger partial charge in [-0.15, -0.1) is 0 Å². The lowest BCUT2D eigenvalue weighted by molar-refractivity contribution is -0.476. The Morgan fingerprint density at radius 1 is 1.50 bits per heavy atom. The van der Waals surface area contributed by atoms with Gasteiger partial charge in [0.05, 0.1) is 0 Å². The fraction of sp³-hybridized carbons (Fsp3) is 0.875. The lowest BCUT2D eigenvalue weighted by atomic mass is 9.96. The number of ether oxygens (including phenoxy) is 1. The van der Waals surface area contributed by atoms with E-state index in [-0.39, 0.29) is 18.1 Å². The fourth-order valence-electron chi connectivity index (χ4n) is 1.51. The summed E-state index contributed by atoms with van der Waals surface area (Å²) in [5.41, 5.74) is 3.71. The third-order valence-corrected chi connectivity index (χ3v) is 2.44. The van der Waals surface area contributed by atoms with Crippen LogP contribution in [0.3, 0.4) is 0 Å². The van der Waals surface area contributed by atoms with E-state index >= 15 is 0 Å². The van der Waals surface area contributed by atoms with Crippen LogP contribution in [0, 0.1) is 0 Å². The number of amides is 1. The van der Waals surface area contributed by atoms with Gasteiger partial charge in [0, 0.05) is 6.92 Å². The monoisotopic (exact) mass is 205 g/mol. The van der Waals surface area contributed by atoms with E-state index in [0.29, 0.717) is 0 Å².